The number of hydrazone groups is 1. The Labute approximate surface area is 249 Å². The first kappa shape index (κ1) is 30.6. The molecule has 1 aliphatic carbocycles. The Morgan fingerprint density at radius 2 is 1.83 bits per heavy atom. The maximum atomic E-state index is 13.1. The third kappa shape index (κ3) is 7.27. The molecule has 0 bridgehead atoms. The molecule has 4 rings (SSSR count). The topological polar surface area (TPSA) is 125 Å². The van der Waals surface area contributed by atoms with Crippen LogP contribution in [0.4, 0.5) is 5.00 Å². The number of ether oxygens (including phenoxy) is 4. The normalized spacial score (nSPS) is 14.9. The summed E-state index contributed by atoms with van der Waals surface area (Å²) in [6.07, 6.45) is 3.29. The Morgan fingerprint density at radius 1 is 1.10 bits per heavy atom. The van der Waals surface area contributed by atoms with Gasteiger partial charge in [-0.15, -0.1) is 11.3 Å². The molecule has 0 radical (unpaired) electrons. The minimum absolute atomic E-state index is 0.259. The van der Waals surface area contributed by atoms with Gasteiger partial charge < -0.3 is 24.3 Å². The number of methoxy groups -OCH3 is 2. The van der Waals surface area contributed by atoms with Crippen LogP contribution in [0.5, 0.6) is 17.2 Å². The molecule has 2 aromatic carbocycles. The van der Waals surface area contributed by atoms with E-state index in [0.29, 0.717) is 44.9 Å². The van der Waals surface area contributed by atoms with Crippen molar-refractivity contribution in [2.75, 3.05) is 26.1 Å². The molecule has 42 heavy (non-hydrogen) atoms. The van der Waals surface area contributed by atoms with E-state index in [1.807, 2.05) is 0 Å². The number of fused-ring (bicyclic) bond motifs is 1. The summed E-state index contributed by atoms with van der Waals surface area (Å²) < 4.78 is 21.5. The van der Waals surface area contributed by atoms with E-state index in [2.05, 4.69) is 22.8 Å². The molecule has 222 valence electrons. The summed E-state index contributed by atoms with van der Waals surface area (Å²) in [6.45, 7) is 5.80. The van der Waals surface area contributed by atoms with E-state index in [1.165, 1.54) is 24.7 Å². The molecule has 1 aromatic heterocycles. The van der Waals surface area contributed by atoms with Crippen LogP contribution in [0, 0.1) is 5.92 Å². The predicted molar refractivity (Wildman–Crippen MR) is 161 cm³/mol. The lowest BCUT2D eigenvalue weighted by molar-refractivity contribution is -0.127. The smallest absolute Gasteiger partial charge is 0.341 e. The van der Waals surface area contributed by atoms with Gasteiger partial charge in [0, 0.05) is 10.4 Å². The standard InChI is InChI=1S/C31H35N3O7S/c1-6-40-31(37)27-23-13-7-18(2)15-26(23)42-30(27)33-29(36)21-9-11-22(12-10-21)41-19(3)28(35)34-32-17-20-8-14-24(38-4)25(16-20)39-5/h8-12,14,16-19H,6-7,13,15H2,1-5H3,(H,33,36)(H,34,35)/b32-17-/t18-,19-/m1/s1. The molecule has 2 amide bonds. The van der Waals surface area contributed by atoms with Crippen LogP contribution in [0.25, 0.3) is 0 Å². The van der Waals surface area contributed by atoms with Crippen LogP contribution in [0.15, 0.2) is 47.6 Å². The zero-order valence-corrected chi connectivity index (χ0v) is 25.1. The van der Waals surface area contributed by atoms with Gasteiger partial charge in [-0.2, -0.15) is 5.10 Å². The van der Waals surface area contributed by atoms with Crippen molar-refractivity contribution in [1.82, 2.24) is 5.43 Å². The molecule has 0 fully saturated rings. The summed E-state index contributed by atoms with van der Waals surface area (Å²) in [5.41, 5.74) is 4.99. The monoisotopic (exact) mass is 593 g/mol. The van der Waals surface area contributed by atoms with Gasteiger partial charge in [0.2, 0.25) is 0 Å². The molecular weight excluding hydrogens is 558 g/mol. The molecule has 2 atom stereocenters. The van der Waals surface area contributed by atoms with E-state index >= 15 is 0 Å². The van der Waals surface area contributed by atoms with Gasteiger partial charge >= 0.3 is 5.97 Å². The maximum Gasteiger partial charge on any atom is 0.341 e. The molecule has 3 aromatic rings. The lowest BCUT2D eigenvalue weighted by Gasteiger charge is -2.18. The van der Waals surface area contributed by atoms with Crippen molar-refractivity contribution in [2.45, 2.75) is 46.1 Å². The number of anilines is 1. The number of benzene rings is 2. The predicted octanol–water partition coefficient (Wildman–Crippen LogP) is 5.24. The fraction of sp³-hybridized carbons (Fsp3) is 0.355. The molecule has 0 saturated heterocycles. The third-order valence-corrected chi connectivity index (χ3v) is 7.98. The molecule has 2 N–H and O–H groups in total. The van der Waals surface area contributed by atoms with Crippen molar-refractivity contribution in [3.8, 4) is 17.2 Å². The minimum atomic E-state index is -0.848. The lowest BCUT2D eigenvalue weighted by Crippen LogP contribution is -2.33. The van der Waals surface area contributed by atoms with E-state index in [0.717, 1.165) is 29.7 Å². The maximum absolute atomic E-state index is 13.1. The first-order valence-corrected chi connectivity index (χ1v) is 14.5. The number of carbonyl (C=O) groups excluding carboxylic acids is 3. The summed E-state index contributed by atoms with van der Waals surface area (Å²) in [5.74, 6) is 0.853. The van der Waals surface area contributed by atoms with E-state index in [4.69, 9.17) is 18.9 Å². The highest BCUT2D eigenvalue weighted by molar-refractivity contribution is 7.17. The van der Waals surface area contributed by atoms with Gasteiger partial charge in [-0.1, -0.05) is 6.92 Å². The Hall–Kier alpha value is -4.38. The summed E-state index contributed by atoms with van der Waals surface area (Å²) in [7, 11) is 3.09. The highest BCUT2D eigenvalue weighted by Crippen LogP contribution is 2.40. The third-order valence-electron chi connectivity index (χ3n) is 6.81. The zero-order valence-electron chi connectivity index (χ0n) is 24.3. The molecule has 0 aliphatic heterocycles. The highest BCUT2D eigenvalue weighted by atomic mass is 32.1. The van der Waals surface area contributed by atoms with E-state index in [-0.39, 0.29) is 12.5 Å². The molecule has 1 aliphatic rings. The molecule has 10 nitrogen and oxygen atoms in total. The number of nitrogens with one attached hydrogen (secondary N) is 2. The van der Waals surface area contributed by atoms with Crippen molar-refractivity contribution < 1.29 is 33.3 Å². The van der Waals surface area contributed by atoms with E-state index in [1.54, 1.807) is 63.4 Å². The first-order chi connectivity index (χ1) is 20.2. The Kier molecular flexibility index (Phi) is 10.2. The SMILES string of the molecule is CCOC(=O)c1c(NC(=O)c2ccc(O[C@H](C)C(=O)N/N=C\c3ccc(OC)c(OC)c3)cc2)sc2c1CC[C@@H](C)C2. The van der Waals surface area contributed by atoms with Crippen LogP contribution < -0.4 is 25.0 Å². The Balaban J connectivity index is 1.36. The molecule has 0 unspecified atom stereocenters. The number of amides is 2. The fourth-order valence-electron chi connectivity index (χ4n) is 4.57. The highest BCUT2D eigenvalue weighted by Gasteiger charge is 2.29. The van der Waals surface area contributed by atoms with Crippen molar-refractivity contribution in [3.63, 3.8) is 0 Å². The quantitative estimate of drug-likeness (QED) is 0.177. The molecular formula is C31H35N3O7S. The van der Waals surface area contributed by atoms with E-state index < -0.39 is 18.0 Å². The summed E-state index contributed by atoms with van der Waals surface area (Å²) in [6, 6.07) is 11.7. The Morgan fingerprint density at radius 3 is 2.52 bits per heavy atom. The van der Waals surface area contributed by atoms with Gasteiger partial charge in [0.15, 0.2) is 17.6 Å². The second-order valence-electron chi connectivity index (χ2n) is 9.86. The summed E-state index contributed by atoms with van der Waals surface area (Å²) >= 11 is 1.44. The fourth-order valence-corrected chi connectivity index (χ4v) is 5.96. The Bertz CT molecular complexity index is 1470. The number of thiophene rings is 1. The summed E-state index contributed by atoms with van der Waals surface area (Å²) in [4.78, 5) is 39.4. The van der Waals surface area contributed by atoms with Crippen LogP contribution in [0.1, 0.15) is 63.9 Å². The second-order valence-corrected chi connectivity index (χ2v) is 11.0. The van der Waals surface area contributed by atoms with E-state index in [9.17, 15) is 14.4 Å². The minimum Gasteiger partial charge on any atom is -0.493 e. The molecule has 0 spiro atoms. The molecule has 11 heteroatoms. The van der Waals surface area contributed by atoms with Crippen molar-refractivity contribution in [2.24, 2.45) is 11.0 Å². The molecule has 1 heterocycles. The lowest BCUT2D eigenvalue weighted by atomic mass is 9.88. The van der Waals surface area contributed by atoms with Crippen LogP contribution in [0.3, 0.4) is 0 Å². The number of rotatable bonds is 11. The van der Waals surface area contributed by atoms with Gasteiger partial charge in [0.05, 0.1) is 32.6 Å². The largest absolute Gasteiger partial charge is 0.493 e. The number of esters is 1. The van der Waals surface area contributed by atoms with Gasteiger partial charge in [-0.25, -0.2) is 10.2 Å². The van der Waals surface area contributed by atoms with Crippen LogP contribution in [-0.4, -0.2) is 50.9 Å². The summed E-state index contributed by atoms with van der Waals surface area (Å²) in [5, 5.41) is 7.41. The number of nitrogens with zero attached hydrogens (tertiary/aromatic N) is 1. The zero-order chi connectivity index (χ0) is 30.2. The van der Waals surface area contributed by atoms with Crippen molar-refractivity contribution in [1.29, 1.82) is 0 Å². The van der Waals surface area contributed by atoms with Gasteiger partial charge in [0.25, 0.3) is 11.8 Å². The second kappa shape index (κ2) is 14.0. The number of hydrogen-bond acceptors (Lipinski definition) is 9. The van der Waals surface area contributed by atoms with Crippen LogP contribution in [-0.2, 0) is 22.4 Å². The number of carbonyl (C=O) groups is 3. The average molecular weight is 594 g/mol. The average Bonchev–Trinajstić information content (AvgIpc) is 3.34. The first-order valence-electron chi connectivity index (χ1n) is 13.7. The van der Waals surface area contributed by atoms with Crippen molar-refractivity contribution in [3.05, 3.63) is 69.6 Å². The van der Waals surface area contributed by atoms with Crippen LogP contribution in [0.2, 0.25) is 0 Å². The van der Waals surface area contributed by atoms with Crippen molar-refractivity contribution >= 4 is 40.3 Å². The molecule has 0 saturated carbocycles. The van der Waals surface area contributed by atoms with Crippen LogP contribution >= 0.6 is 11.3 Å². The van der Waals surface area contributed by atoms with Gasteiger partial charge in [0.1, 0.15) is 10.8 Å². The number of hydrogen-bond donors (Lipinski definition) is 2. The van der Waals surface area contributed by atoms with Gasteiger partial charge in [-0.05, 0) is 92.6 Å². The van der Waals surface area contributed by atoms with Gasteiger partial charge in [-0.3, -0.25) is 9.59 Å².